The van der Waals surface area contributed by atoms with Crippen molar-refractivity contribution in [3.63, 3.8) is 0 Å². The molecule has 5 aromatic carbocycles. The average molecular weight is 351 g/mol. The summed E-state index contributed by atoms with van der Waals surface area (Å²) in [6.45, 7) is 7.30. The predicted octanol–water partition coefficient (Wildman–Crippen LogP) is 6.80. The first-order valence-corrected chi connectivity index (χ1v) is 12.8. The summed E-state index contributed by atoms with van der Waals surface area (Å²) < 4.78 is 0. The average Bonchev–Trinajstić information content (AvgIpc) is 2.65. The van der Waals surface area contributed by atoms with Gasteiger partial charge in [0.05, 0.1) is 8.07 Å². The first-order chi connectivity index (χ1) is 12.5. The fraction of sp³-hybridized carbons (Fsp3) is 0.120. The van der Waals surface area contributed by atoms with Crippen LogP contribution >= 0.6 is 0 Å². The van der Waals surface area contributed by atoms with Crippen LogP contribution in [0.1, 0.15) is 0 Å². The van der Waals surface area contributed by atoms with Gasteiger partial charge in [0.1, 0.15) is 0 Å². The molecule has 0 aromatic heterocycles. The van der Waals surface area contributed by atoms with Gasteiger partial charge in [0.15, 0.2) is 0 Å². The summed E-state index contributed by atoms with van der Waals surface area (Å²) >= 11 is 0. The number of benzene rings is 5. The van der Waals surface area contributed by atoms with Crippen LogP contribution < -0.4 is 5.19 Å². The lowest BCUT2D eigenvalue weighted by molar-refractivity contribution is 1.65. The minimum atomic E-state index is -1.43. The SMILES string of the molecule is C[Si](C)(C)c1ccccc1-c1ccc2ccc3cccc4ccc1c2c34. The van der Waals surface area contributed by atoms with Crippen molar-refractivity contribution in [1.82, 2.24) is 0 Å². The maximum atomic E-state index is 2.43. The molecule has 0 fully saturated rings. The summed E-state index contributed by atoms with van der Waals surface area (Å²) in [6.07, 6.45) is 0. The minimum Gasteiger partial charge on any atom is -0.0656 e. The molecule has 0 nitrogen and oxygen atoms in total. The van der Waals surface area contributed by atoms with Gasteiger partial charge in [-0.15, -0.1) is 0 Å². The molecule has 26 heavy (non-hydrogen) atoms. The summed E-state index contributed by atoms with van der Waals surface area (Å²) in [5.74, 6) is 0. The molecule has 0 heterocycles. The van der Waals surface area contributed by atoms with Gasteiger partial charge in [0.25, 0.3) is 0 Å². The number of hydrogen-bond donors (Lipinski definition) is 0. The van der Waals surface area contributed by atoms with Crippen molar-refractivity contribution in [2.45, 2.75) is 19.6 Å². The van der Waals surface area contributed by atoms with Gasteiger partial charge < -0.3 is 0 Å². The second kappa shape index (κ2) is 5.42. The van der Waals surface area contributed by atoms with Crippen molar-refractivity contribution >= 4 is 45.6 Å². The van der Waals surface area contributed by atoms with Crippen LogP contribution in [0, 0.1) is 0 Å². The Kier molecular flexibility index (Phi) is 3.25. The van der Waals surface area contributed by atoms with Gasteiger partial charge >= 0.3 is 0 Å². The molecule has 0 bridgehead atoms. The van der Waals surface area contributed by atoms with Crippen LogP contribution in [-0.4, -0.2) is 8.07 Å². The molecule has 0 radical (unpaired) electrons. The zero-order valence-corrected chi connectivity index (χ0v) is 16.5. The smallest absolute Gasteiger partial charge is 0.0656 e. The highest BCUT2D eigenvalue weighted by Crippen LogP contribution is 2.39. The van der Waals surface area contributed by atoms with Gasteiger partial charge in [0.2, 0.25) is 0 Å². The van der Waals surface area contributed by atoms with E-state index in [4.69, 9.17) is 0 Å². The van der Waals surface area contributed by atoms with Gasteiger partial charge in [-0.1, -0.05) is 104 Å². The van der Waals surface area contributed by atoms with Crippen molar-refractivity contribution in [3.05, 3.63) is 78.9 Å². The first-order valence-electron chi connectivity index (χ1n) is 9.30. The zero-order valence-electron chi connectivity index (χ0n) is 15.5. The summed E-state index contributed by atoms with van der Waals surface area (Å²) in [6, 6.07) is 29.3. The van der Waals surface area contributed by atoms with Crippen LogP contribution in [0.15, 0.2) is 78.9 Å². The standard InChI is InChI=1S/C25H22Si/c1-26(2,3)23-10-5-4-9-21(23)20-15-13-19-12-11-17-7-6-8-18-14-16-22(20)25(19)24(17)18/h4-16H,1-3H3. The van der Waals surface area contributed by atoms with Crippen molar-refractivity contribution in [2.75, 3.05) is 0 Å². The maximum absolute atomic E-state index is 2.43. The summed E-state index contributed by atoms with van der Waals surface area (Å²) in [5.41, 5.74) is 2.78. The Morgan fingerprint density at radius 3 is 1.85 bits per heavy atom. The van der Waals surface area contributed by atoms with E-state index in [9.17, 15) is 0 Å². The molecular weight excluding hydrogens is 328 g/mol. The predicted molar refractivity (Wildman–Crippen MR) is 119 cm³/mol. The molecule has 0 saturated heterocycles. The van der Waals surface area contributed by atoms with E-state index < -0.39 is 8.07 Å². The van der Waals surface area contributed by atoms with Crippen molar-refractivity contribution in [2.24, 2.45) is 0 Å². The molecule has 0 atom stereocenters. The molecule has 0 saturated carbocycles. The lowest BCUT2D eigenvalue weighted by Crippen LogP contribution is -2.38. The Morgan fingerprint density at radius 2 is 1.12 bits per heavy atom. The molecule has 0 aliphatic heterocycles. The third-order valence-corrected chi connectivity index (χ3v) is 7.61. The molecule has 126 valence electrons. The molecule has 0 amide bonds. The normalized spacial score (nSPS) is 12.4. The second-order valence-electron chi connectivity index (χ2n) is 8.26. The van der Waals surface area contributed by atoms with Crippen LogP contribution in [0.5, 0.6) is 0 Å². The summed E-state index contributed by atoms with van der Waals surface area (Å²) in [7, 11) is -1.43. The Morgan fingerprint density at radius 1 is 0.500 bits per heavy atom. The third-order valence-electron chi connectivity index (χ3n) is 5.55. The van der Waals surface area contributed by atoms with Gasteiger partial charge in [-0.2, -0.15) is 0 Å². The number of hydrogen-bond acceptors (Lipinski definition) is 0. The molecule has 0 aliphatic carbocycles. The zero-order chi connectivity index (χ0) is 17.9. The Labute approximate surface area is 155 Å². The molecule has 0 spiro atoms. The molecule has 5 aromatic rings. The topological polar surface area (TPSA) is 0 Å². The second-order valence-corrected chi connectivity index (χ2v) is 13.3. The van der Waals surface area contributed by atoms with E-state index in [2.05, 4.69) is 98.5 Å². The van der Waals surface area contributed by atoms with E-state index in [1.165, 1.54) is 48.6 Å². The first kappa shape index (κ1) is 15.6. The third kappa shape index (κ3) is 2.20. The van der Waals surface area contributed by atoms with Crippen LogP contribution in [0.25, 0.3) is 43.4 Å². The fourth-order valence-electron chi connectivity index (χ4n) is 4.34. The Hall–Kier alpha value is -2.64. The molecule has 1 heteroatoms. The fourth-order valence-corrected chi connectivity index (χ4v) is 5.96. The lowest BCUT2D eigenvalue weighted by atomic mass is 9.90. The molecule has 0 N–H and O–H groups in total. The molecule has 0 aliphatic rings. The van der Waals surface area contributed by atoms with E-state index in [0.717, 1.165) is 0 Å². The van der Waals surface area contributed by atoms with Crippen LogP contribution in [0.3, 0.4) is 0 Å². The number of rotatable bonds is 2. The van der Waals surface area contributed by atoms with Gasteiger partial charge in [-0.05, 0) is 43.4 Å². The van der Waals surface area contributed by atoms with Gasteiger partial charge in [-0.25, -0.2) is 0 Å². The van der Waals surface area contributed by atoms with Crippen molar-refractivity contribution in [1.29, 1.82) is 0 Å². The monoisotopic (exact) mass is 350 g/mol. The van der Waals surface area contributed by atoms with E-state index in [0.29, 0.717) is 0 Å². The van der Waals surface area contributed by atoms with Crippen LogP contribution in [0.4, 0.5) is 0 Å². The molecule has 0 unspecified atom stereocenters. The molecule has 5 rings (SSSR count). The highest BCUT2D eigenvalue weighted by Gasteiger charge is 2.21. The van der Waals surface area contributed by atoms with Gasteiger partial charge in [-0.3, -0.25) is 0 Å². The molecular formula is C25H22Si. The Balaban J connectivity index is 1.95. The quantitative estimate of drug-likeness (QED) is 0.243. The van der Waals surface area contributed by atoms with Crippen molar-refractivity contribution < 1.29 is 0 Å². The van der Waals surface area contributed by atoms with Crippen LogP contribution in [0.2, 0.25) is 19.6 Å². The highest BCUT2D eigenvalue weighted by atomic mass is 28.3. The van der Waals surface area contributed by atoms with Crippen LogP contribution in [-0.2, 0) is 0 Å². The highest BCUT2D eigenvalue weighted by molar-refractivity contribution is 6.89. The van der Waals surface area contributed by atoms with E-state index in [1.807, 2.05) is 0 Å². The van der Waals surface area contributed by atoms with E-state index >= 15 is 0 Å². The van der Waals surface area contributed by atoms with Gasteiger partial charge in [0, 0.05) is 0 Å². The minimum absolute atomic E-state index is 1.33. The lowest BCUT2D eigenvalue weighted by Gasteiger charge is -2.22. The van der Waals surface area contributed by atoms with Crippen molar-refractivity contribution in [3.8, 4) is 11.1 Å². The van der Waals surface area contributed by atoms with E-state index in [-0.39, 0.29) is 0 Å². The van der Waals surface area contributed by atoms with E-state index in [1.54, 1.807) is 0 Å². The summed E-state index contributed by atoms with van der Waals surface area (Å²) in [4.78, 5) is 0. The summed E-state index contributed by atoms with van der Waals surface area (Å²) in [5, 5.41) is 9.71. The largest absolute Gasteiger partial charge is 0.0784 e. The maximum Gasteiger partial charge on any atom is 0.0784 e. The Bertz CT molecular complexity index is 1240.